The first-order valence-corrected chi connectivity index (χ1v) is 8.52. The average Bonchev–Trinajstić information content (AvgIpc) is 2.87. The van der Waals surface area contributed by atoms with Gasteiger partial charge in [0.25, 0.3) is 5.91 Å². The number of phenols is 1. The second kappa shape index (κ2) is 6.68. The normalized spacial score (nSPS) is 20.3. The molecule has 0 bridgehead atoms. The van der Waals surface area contributed by atoms with E-state index < -0.39 is 17.5 Å². The number of amides is 3. The first kappa shape index (κ1) is 17.2. The topological polar surface area (TPSA) is 82.0 Å². The Kier molecular flexibility index (Phi) is 4.59. The van der Waals surface area contributed by atoms with E-state index >= 15 is 0 Å². The zero-order chi connectivity index (χ0) is 18.0. The first-order valence-electron chi connectivity index (χ1n) is 7.72. The van der Waals surface area contributed by atoms with Gasteiger partial charge in [0.1, 0.15) is 11.3 Å². The zero-order valence-corrected chi connectivity index (χ0v) is 15.0. The Labute approximate surface area is 153 Å². The van der Waals surface area contributed by atoms with E-state index in [9.17, 15) is 14.7 Å². The summed E-state index contributed by atoms with van der Waals surface area (Å²) in [7, 11) is 0. The molecule has 128 valence electrons. The van der Waals surface area contributed by atoms with Gasteiger partial charge in [-0.3, -0.25) is 4.79 Å². The SMILES string of the molecule is CC[C@@]1(c2ccccc2)NC(=O)N(/N=C/c2cc(Br)ccc2O)C1=O. The van der Waals surface area contributed by atoms with Crippen molar-refractivity contribution in [2.45, 2.75) is 18.9 Å². The maximum absolute atomic E-state index is 12.9. The number of phenolic OH excluding ortho intramolecular Hbond substituents is 1. The Bertz CT molecular complexity index is 854. The van der Waals surface area contributed by atoms with Crippen LogP contribution in [0.4, 0.5) is 4.79 Å². The minimum atomic E-state index is -1.13. The summed E-state index contributed by atoms with van der Waals surface area (Å²) < 4.78 is 0.746. The van der Waals surface area contributed by atoms with E-state index in [1.807, 2.05) is 25.1 Å². The van der Waals surface area contributed by atoms with E-state index in [2.05, 4.69) is 26.3 Å². The number of nitrogens with one attached hydrogen (secondary N) is 1. The molecular formula is C18H16BrN3O3. The number of imide groups is 1. The Balaban J connectivity index is 1.94. The number of halogens is 1. The molecule has 0 unspecified atom stereocenters. The van der Waals surface area contributed by atoms with E-state index in [0.717, 1.165) is 9.48 Å². The van der Waals surface area contributed by atoms with Gasteiger partial charge >= 0.3 is 6.03 Å². The van der Waals surface area contributed by atoms with Gasteiger partial charge in [-0.05, 0) is 30.2 Å². The molecule has 0 radical (unpaired) electrons. The van der Waals surface area contributed by atoms with Gasteiger partial charge in [-0.2, -0.15) is 5.10 Å². The molecule has 2 aromatic carbocycles. The molecule has 1 aliphatic heterocycles. The van der Waals surface area contributed by atoms with Crippen LogP contribution >= 0.6 is 15.9 Å². The lowest BCUT2D eigenvalue weighted by molar-refractivity contribution is -0.131. The van der Waals surface area contributed by atoms with Crippen molar-refractivity contribution in [1.82, 2.24) is 10.3 Å². The standard InChI is InChI=1S/C18H16BrN3O3/c1-2-18(13-6-4-3-5-7-13)16(24)22(17(25)21-18)20-11-12-10-14(19)8-9-15(12)23/h3-11,23H,2H2,1H3,(H,21,25)/b20-11+/t18-/m0/s1. The van der Waals surface area contributed by atoms with Crippen molar-refractivity contribution in [3.05, 3.63) is 64.1 Å². The fraction of sp³-hybridized carbons (Fsp3) is 0.167. The quantitative estimate of drug-likeness (QED) is 0.608. The van der Waals surface area contributed by atoms with Crippen molar-refractivity contribution in [3.8, 4) is 5.75 Å². The number of benzene rings is 2. The van der Waals surface area contributed by atoms with Crippen molar-refractivity contribution in [1.29, 1.82) is 0 Å². The summed E-state index contributed by atoms with van der Waals surface area (Å²) in [6, 6.07) is 13.3. The van der Waals surface area contributed by atoms with Gasteiger partial charge in [-0.1, -0.05) is 53.2 Å². The largest absolute Gasteiger partial charge is 0.507 e. The molecule has 1 atom stereocenters. The van der Waals surface area contributed by atoms with Crippen LogP contribution in [0.3, 0.4) is 0 Å². The van der Waals surface area contributed by atoms with Crippen LogP contribution in [0, 0.1) is 0 Å². The van der Waals surface area contributed by atoms with Crippen molar-refractivity contribution in [2.24, 2.45) is 5.10 Å². The molecule has 7 heteroatoms. The molecule has 0 aromatic heterocycles. The lowest BCUT2D eigenvalue weighted by atomic mass is 9.87. The number of urea groups is 1. The molecule has 1 aliphatic rings. The Morgan fingerprint density at radius 3 is 2.64 bits per heavy atom. The minimum Gasteiger partial charge on any atom is -0.507 e. The summed E-state index contributed by atoms with van der Waals surface area (Å²) in [5, 5.41) is 17.4. The van der Waals surface area contributed by atoms with Crippen LogP contribution in [-0.2, 0) is 10.3 Å². The number of hydrogen-bond acceptors (Lipinski definition) is 4. The van der Waals surface area contributed by atoms with E-state index in [-0.39, 0.29) is 5.75 Å². The van der Waals surface area contributed by atoms with E-state index in [1.165, 1.54) is 12.3 Å². The molecule has 6 nitrogen and oxygen atoms in total. The second-order valence-electron chi connectivity index (χ2n) is 5.62. The molecule has 1 heterocycles. The van der Waals surface area contributed by atoms with Crippen LogP contribution in [0.5, 0.6) is 5.75 Å². The van der Waals surface area contributed by atoms with Gasteiger partial charge in [0.05, 0.1) is 6.21 Å². The van der Waals surface area contributed by atoms with Crippen LogP contribution in [0.1, 0.15) is 24.5 Å². The molecule has 25 heavy (non-hydrogen) atoms. The Morgan fingerprint density at radius 1 is 1.24 bits per heavy atom. The molecule has 3 amide bonds. The monoisotopic (exact) mass is 401 g/mol. The lowest BCUT2D eigenvalue weighted by Crippen LogP contribution is -2.43. The lowest BCUT2D eigenvalue weighted by Gasteiger charge is -2.24. The molecule has 0 spiro atoms. The third-order valence-electron chi connectivity index (χ3n) is 4.17. The van der Waals surface area contributed by atoms with Crippen molar-refractivity contribution in [2.75, 3.05) is 0 Å². The molecular weight excluding hydrogens is 386 g/mol. The number of hydrazone groups is 1. The number of aromatic hydroxyl groups is 1. The predicted molar refractivity (Wildman–Crippen MR) is 97.2 cm³/mol. The molecule has 0 aliphatic carbocycles. The van der Waals surface area contributed by atoms with Crippen LogP contribution in [0.25, 0.3) is 0 Å². The van der Waals surface area contributed by atoms with E-state index in [0.29, 0.717) is 17.5 Å². The van der Waals surface area contributed by atoms with Crippen molar-refractivity contribution in [3.63, 3.8) is 0 Å². The van der Waals surface area contributed by atoms with Gasteiger partial charge < -0.3 is 10.4 Å². The minimum absolute atomic E-state index is 0.00354. The second-order valence-corrected chi connectivity index (χ2v) is 6.54. The van der Waals surface area contributed by atoms with Crippen LogP contribution in [0.2, 0.25) is 0 Å². The molecule has 3 rings (SSSR count). The molecule has 2 aromatic rings. The van der Waals surface area contributed by atoms with Gasteiger partial charge in [-0.15, -0.1) is 5.01 Å². The summed E-state index contributed by atoms with van der Waals surface area (Å²) in [4.78, 5) is 25.2. The fourth-order valence-electron chi connectivity index (χ4n) is 2.78. The van der Waals surface area contributed by atoms with Gasteiger partial charge in [0.2, 0.25) is 0 Å². The average molecular weight is 402 g/mol. The third-order valence-corrected chi connectivity index (χ3v) is 4.66. The molecule has 2 N–H and O–H groups in total. The number of carbonyl (C=O) groups is 2. The Hall–Kier alpha value is -2.67. The highest BCUT2D eigenvalue weighted by Crippen LogP contribution is 2.32. The van der Waals surface area contributed by atoms with Crippen molar-refractivity contribution < 1.29 is 14.7 Å². The van der Waals surface area contributed by atoms with Gasteiger partial charge in [0.15, 0.2) is 0 Å². The fourth-order valence-corrected chi connectivity index (χ4v) is 3.16. The van der Waals surface area contributed by atoms with E-state index in [4.69, 9.17) is 0 Å². The first-order chi connectivity index (χ1) is 12.0. The van der Waals surface area contributed by atoms with Gasteiger partial charge in [-0.25, -0.2) is 4.79 Å². The zero-order valence-electron chi connectivity index (χ0n) is 13.4. The maximum atomic E-state index is 12.9. The number of hydrogen-bond donors (Lipinski definition) is 2. The summed E-state index contributed by atoms with van der Waals surface area (Å²) in [5.41, 5.74) is -0.0304. The molecule has 1 fully saturated rings. The van der Waals surface area contributed by atoms with Crippen LogP contribution in [0.15, 0.2) is 58.1 Å². The highest BCUT2D eigenvalue weighted by atomic mass is 79.9. The van der Waals surface area contributed by atoms with E-state index in [1.54, 1.807) is 24.3 Å². The number of rotatable bonds is 4. The summed E-state index contributed by atoms with van der Waals surface area (Å²) in [6.07, 6.45) is 1.68. The summed E-state index contributed by atoms with van der Waals surface area (Å²) in [5.74, 6) is -0.444. The summed E-state index contributed by atoms with van der Waals surface area (Å²) >= 11 is 3.30. The number of carbonyl (C=O) groups excluding carboxylic acids is 2. The van der Waals surface area contributed by atoms with Crippen molar-refractivity contribution >= 4 is 34.1 Å². The van der Waals surface area contributed by atoms with Gasteiger partial charge in [0, 0.05) is 10.0 Å². The predicted octanol–water partition coefficient (Wildman–Crippen LogP) is 3.35. The highest BCUT2D eigenvalue weighted by molar-refractivity contribution is 9.10. The maximum Gasteiger partial charge on any atom is 0.346 e. The summed E-state index contributed by atoms with van der Waals surface area (Å²) in [6.45, 7) is 1.83. The molecule has 1 saturated heterocycles. The van der Waals surface area contributed by atoms with Crippen LogP contribution in [-0.4, -0.2) is 28.3 Å². The van der Waals surface area contributed by atoms with Crippen LogP contribution < -0.4 is 5.32 Å². The number of nitrogens with zero attached hydrogens (tertiary/aromatic N) is 2. The smallest absolute Gasteiger partial charge is 0.346 e. The Morgan fingerprint density at radius 2 is 1.96 bits per heavy atom. The third kappa shape index (κ3) is 3.02. The molecule has 0 saturated carbocycles. The highest BCUT2D eigenvalue weighted by Gasteiger charge is 2.51.